The molecular weight excluding hydrogens is 261 g/mol. The van der Waals surface area contributed by atoms with Gasteiger partial charge in [-0.25, -0.2) is 9.18 Å². The van der Waals surface area contributed by atoms with E-state index >= 15 is 0 Å². The van der Waals surface area contributed by atoms with Crippen molar-refractivity contribution in [2.24, 2.45) is 0 Å². The predicted octanol–water partition coefficient (Wildman–Crippen LogP) is 3.04. The smallest absolute Gasteiger partial charge is 0.338 e. The van der Waals surface area contributed by atoms with E-state index in [1.165, 1.54) is 0 Å². The predicted molar refractivity (Wildman–Crippen MR) is 76.9 cm³/mol. The summed E-state index contributed by atoms with van der Waals surface area (Å²) in [7, 11) is 0. The third kappa shape index (κ3) is 6.52. The lowest BCUT2D eigenvalue weighted by atomic mass is 10.2. The van der Waals surface area contributed by atoms with Crippen molar-refractivity contribution in [1.29, 1.82) is 0 Å². The molecule has 0 saturated heterocycles. The molecule has 20 heavy (non-hydrogen) atoms. The molecule has 0 saturated carbocycles. The van der Waals surface area contributed by atoms with Crippen LogP contribution in [0.1, 0.15) is 30.1 Å². The molecule has 0 aliphatic heterocycles. The van der Waals surface area contributed by atoms with E-state index in [0.29, 0.717) is 5.56 Å². The van der Waals surface area contributed by atoms with Gasteiger partial charge in [-0.1, -0.05) is 13.3 Å². The number of hydrogen-bond acceptors (Lipinski definition) is 4. The van der Waals surface area contributed by atoms with E-state index in [4.69, 9.17) is 9.47 Å². The summed E-state index contributed by atoms with van der Waals surface area (Å²) in [6.07, 6.45) is 2.25. The van der Waals surface area contributed by atoms with Gasteiger partial charge in [-0.2, -0.15) is 0 Å². The number of carbonyl (C=O) groups excluding carboxylic acids is 1. The zero-order chi connectivity index (χ0) is 14.6. The molecule has 0 atom stereocenters. The molecule has 0 radical (unpaired) electrons. The van der Waals surface area contributed by atoms with Gasteiger partial charge in [0, 0.05) is 12.2 Å². The van der Waals surface area contributed by atoms with Gasteiger partial charge in [-0.05, 0) is 30.7 Å². The average Bonchev–Trinajstić information content (AvgIpc) is 2.48. The number of ether oxygens (including phenoxy) is 2. The molecule has 0 heterocycles. The molecule has 0 aromatic heterocycles. The fraction of sp³-hybridized carbons (Fsp3) is 0.533. The van der Waals surface area contributed by atoms with Crippen LogP contribution in [0.5, 0.6) is 0 Å². The number of hydrogen-bond donors (Lipinski definition) is 1. The number of unbranched alkanes of at least 4 members (excludes halogenated alkanes) is 1. The maximum atomic E-state index is 11.8. The van der Waals surface area contributed by atoms with Crippen molar-refractivity contribution in [2.75, 3.05) is 38.4 Å². The van der Waals surface area contributed by atoms with Gasteiger partial charge in [-0.3, -0.25) is 0 Å². The standard InChI is InChI=1S/C15H22FNO3/c1-2-3-9-17-14-6-4-13(5-7-14)15(18)20-12-11-19-10-8-16/h4-7,17H,2-3,8-12H2,1H3. The third-order valence-electron chi connectivity index (χ3n) is 2.66. The van der Waals surface area contributed by atoms with Crippen molar-refractivity contribution in [2.45, 2.75) is 19.8 Å². The summed E-state index contributed by atoms with van der Waals surface area (Å²) in [5.74, 6) is -0.394. The summed E-state index contributed by atoms with van der Waals surface area (Å²) in [5, 5.41) is 3.27. The van der Waals surface area contributed by atoms with Crippen LogP contribution >= 0.6 is 0 Å². The van der Waals surface area contributed by atoms with Crippen LogP contribution in [-0.2, 0) is 9.47 Å². The number of esters is 1. The van der Waals surface area contributed by atoms with Gasteiger partial charge in [0.05, 0.1) is 18.8 Å². The van der Waals surface area contributed by atoms with Crippen molar-refractivity contribution in [3.05, 3.63) is 29.8 Å². The summed E-state index contributed by atoms with van der Waals surface area (Å²) in [6, 6.07) is 7.15. The maximum absolute atomic E-state index is 11.8. The molecule has 4 nitrogen and oxygen atoms in total. The molecule has 0 unspecified atom stereocenters. The molecule has 0 aliphatic rings. The Morgan fingerprint density at radius 1 is 1.20 bits per heavy atom. The third-order valence-corrected chi connectivity index (χ3v) is 2.66. The normalized spacial score (nSPS) is 10.3. The Bertz CT molecular complexity index is 381. The first-order valence-electron chi connectivity index (χ1n) is 6.92. The van der Waals surface area contributed by atoms with Crippen molar-refractivity contribution in [3.8, 4) is 0 Å². The van der Waals surface area contributed by atoms with E-state index in [1.54, 1.807) is 12.1 Å². The molecule has 1 rings (SSSR count). The second-order valence-corrected chi connectivity index (χ2v) is 4.29. The van der Waals surface area contributed by atoms with E-state index in [2.05, 4.69) is 12.2 Å². The lowest BCUT2D eigenvalue weighted by Gasteiger charge is -2.07. The number of anilines is 1. The Morgan fingerprint density at radius 3 is 2.60 bits per heavy atom. The first-order chi connectivity index (χ1) is 9.77. The van der Waals surface area contributed by atoms with E-state index in [0.717, 1.165) is 25.1 Å². The van der Waals surface area contributed by atoms with Crippen molar-refractivity contribution < 1.29 is 18.7 Å². The number of benzene rings is 1. The molecule has 0 spiro atoms. The number of rotatable bonds is 10. The number of nitrogens with one attached hydrogen (secondary N) is 1. The quantitative estimate of drug-likeness (QED) is 0.529. The van der Waals surface area contributed by atoms with Gasteiger partial charge in [-0.15, -0.1) is 0 Å². The molecule has 1 aromatic carbocycles. The number of carbonyl (C=O) groups is 1. The molecule has 0 fully saturated rings. The highest BCUT2D eigenvalue weighted by atomic mass is 19.1. The zero-order valence-corrected chi connectivity index (χ0v) is 11.9. The summed E-state index contributed by atoms with van der Waals surface area (Å²) in [5.41, 5.74) is 1.48. The van der Waals surface area contributed by atoms with E-state index in [1.807, 2.05) is 12.1 Å². The summed E-state index contributed by atoms with van der Waals surface area (Å²) in [6.45, 7) is 2.92. The average molecular weight is 283 g/mol. The highest BCUT2D eigenvalue weighted by Gasteiger charge is 2.06. The Labute approximate surface area is 119 Å². The van der Waals surface area contributed by atoms with Crippen LogP contribution in [0.15, 0.2) is 24.3 Å². The van der Waals surface area contributed by atoms with Crippen LogP contribution in [0.25, 0.3) is 0 Å². The molecular formula is C15H22FNO3. The second-order valence-electron chi connectivity index (χ2n) is 4.29. The van der Waals surface area contributed by atoms with Crippen LogP contribution in [0.3, 0.4) is 0 Å². The first kappa shape index (κ1) is 16.4. The Kier molecular flexibility index (Phi) is 8.38. The molecule has 0 amide bonds. The number of halogens is 1. The van der Waals surface area contributed by atoms with E-state index < -0.39 is 12.6 Å². The zero-order valence-electron chi connectivity index (χ0n) is 11.9. The fourth-order valence-corrected chi connectivity index (χ4v) is 1.57. The molecule has 0 aliphatic carbocycles. The highest BCUT2D eigenvalue weighted by molar-refractivity contribution is 5.89. The highest BCUT2D eigenvalue weighted by Crippen LogP contribution is 2.10. The first-order valence-corrected chi connectivity index (χ1v) is 6.92. The maximum Gasteiger partial charge on any atom is 0.338 e. The Hall–Kier alpha value is -1.62. The van der Waals surface area contributed by atoms with E-state index in [-0.39, 0.29) is 19.8 Å². The molecule has 1 N–H and O–H groups in total. The SMILES string of the molecule is CCCCNc1ccc(C(=O)OCCOCCF)cc1. The summed E-state index contributed by atoms with van der Waals surface area (Å²) >= 11 is 0. The lowest BCUT2D eigenvalue weighted by Crippen LogP contribution is -2.11. The second kappa shape index (κ2) is 10.2. The van der Waals surface area contributed by atoms with E-state index in [9.17, 15) is 9.18 Å². The minimum atomic E-state index is -0.527. The minimum absolute atomic E-state index is 0.0374. The largest absolute Gasteiger partial charge is 0.460 e. The summed E-state index contributed by atoms with van der Waals surface area (Å²) < 4.78 is 21.6. The minimum Gasteiger partial charge on any atom is -0.460 e. The Morgan fingerprint density at radius 2 is 1.95 bits per heavy atom. The van der Waals surface area contributed by atoms with Crippen molar-refractivity contribution >= 4 is 11.7 Å². The van der Waals surface area contributed by atoms with Crippen LogP contribution < -0.4 is 5.32 Å². The Balaban J connectivity index is 2.30. The van der Waals surface area contributed by atoms with Gasteiger partial charge in [0.15, 0.2) is 0 Å². The molecule has 5 heteroatoms. The van der Waals surface area contributed by atoms with Crippen LogP contribution in [0.2, 0.25) is 0 Å². The lowest BCUT2D eigenvalue weighted by molar-refractivity contribution is 0.0300. The van der Waals surface area contributed by atoms with Crippen LogP contribution in [0, 0.1) is 0 Å². The topological polar surface area (TPSA) is 47.6 Å². The van der Waals surface area contributed by atoms with Gasteiger partial charge in [0.25, 0.3) is 0 Å². The van der Waals surface area contributed by atoms with Crippen LogP contribution in [0.4, 0.5) is 10.1 Å². The summed E-state index contributed by atoms with van der Waals surface area (Å²) in [4.78, 5) is 11.7. The molecule has 0 bridgehead atoms. The molecule has 112 valence electrons. The van der Waals surface area contributed by atoms with Crippen molar-refractivity contribution in [1.82, 2.24) is 0 Å². The van der Waals surface area contributed by atoms with Gasteiger partial charge in [0.2, 0.25) is 0 Å². The molecule has 1 aromatic rings. The van der Waals surface area contributed by atoms with Gasteiger partial charge >= 0.3 is 5.97 Å². The number of alkyl halides is 1. The van der Waals surface area contributed by atoms with Gasteiger partial charge < -0.3 is 14.8 Å². The fourth-order valence-electron chi connectivity index (χ4n) is 1.57. The van der Waals surface area contributed by atoms with Crippen molar-refractivity contribution in [3.63, 3.8) is 0 Å². The van der Waals surface area contributed by atoms with Crippen LogP contribution in [-0.4, -0.2) is 39.0 Å². The monoisotopic (exact) mass is 283 g/mol. The van der Waals surface area contributed by atoms with Gasteiger partial charge in [0.1, 0.15) is 13.3 Å².